The largest absolute Gasteiger partial charge is 0.481 e. The number of benzene rings is 1. The molecule has 0 fully saturated rings. The third-order valence-electron chi connectivity index (χ3n) is 2.29. The van der Waals surface area contributed by atoms with Gasteiger partial charge in [0.25, 0.3) is 10.0 Å². The monoisotopic (exact) mass is 314 g/mol. The molecule has 114 valence electrons. The first-order valence-corrected chi connectivity index (χ1v) is 7.34. The fourth-order valence-corrected chi connectivity index (χ4v) is 2.40. The summed E-state index contributed by atoms with van der Waals surface area (Å²) in [5.74, 6) is -2.28. The van der Waals surface area contributed by atoms with Gasteiger partial charge in [0.05, 0.1) is 11.3 Å². The average molecular weight is 314 g/mol. The molecule has 0 aliphatic rings. The van der Waals surface area contributed by atoms with Crippen molar-refractivity contribution in [1.82, 2.24) is 4.72 Å². The van der Waals surface area contributed by atoms with Crippen molar-refractivity contribution in [3.05, 3.63) is 24.3 Å². The lowest BCUT2D eigenvalue weighted by Gasteiger charge is -2.07. The number of nitrogens with one attached hydrogen (secondary N) is 2. The second kappa shape index (κ2) is 6.84. The van der Waals surface area contributed by atoms with Gasteiger partial charge >= 0.3 is 5.97 Å². The summed E-state index contributed by atoms with van der Waals surface area (Å²) >= 11 is 0. The Morgan fingerprint density at radius 1 is 1.10 bits per heavy atom. The van der Waals surface area contributed by atoms with Gasteiger partial charge in [-0.25, -0.2) is 13.1 Å². The van der Waals surface area contributed by atoms with E-state index in [0.29, 0.717) is 5.69 Å². The van der Waals surface area contributed by atoms with Crippen LogP contribution in [0.2, 0.25) is 0 Å². The average Bonchev–Trinajstić information content (AvgIpc) is 2.35. The van der Waals surface area contributed by atoms with Gasteiger partial charge in [-0.1, -0.05) is 0 Å². The van der Waals surface area contributed by atoms with Crippen LogP contribution in [0.15, 0.2) is 29.2 Å². The minimum atomic E-state index is -3.92. The van der Waals surface area contributed by atoms with Gasteiger partial charge in [0, 0.05) is 19.0 Å². The number of amides is 2. The predicted molar refractivity (Wildman–Crippen MR) is 72.9 cm³/mol. The van der Waals surface area contributed by atoms with Crippen molar-refractivity contribution in [2.75, 3.05) is 5.32 Å². The number of carbonyl (C=O) groups excluding carboxylic acids is 2. The Morgan fingerprint density at radius 2 is 1.67 bits per heavy atom. The Morgan fingerprint density at radius 3 is 2.14 bits per heavy atom. The second-order valence-electron chi connectivity index (χ2n) is 4.13. The highest BCUT2D eigenvalue weighted by Crippen LogP contribution is 2.14. The molecular weight excluding hydrogens is 300 g/mol. The molecule has 0 saturated carbocycles. The Bertz CT molecular complexity index is 651. The fourth-order valence-electron chi connectivity index (χ4n) is 1.41. The minimum Gasteiger partial charge on any atom is -0.481 e. The van der Waals surface area contributed by atoms with E-state index >= 15 is 0 Å². The van der Waals surface area contributed by atoms with E-state index in [0.717, 1.165) is 6.92 Å². The molecule has 0 saturated heterocycles. The highest BCUT2D eigenvalue weighted by Gasteiger charge is 2.15. The van der Waals surface area contributed by atoms with Crippen LogP contribution in [0.5, 0.6) is 0 Å². The van der Waals surface area contributed by atoms with Crippen LogP contribution in [-0.4, -0.2) is 31.3 Å². The molecule has 1 aromatic carbocycles. The summed E-state index contributed by atoms with van der Waals surface area (Å²) in [6, 6.07) is 5.12. The Labute approximate surface area is 121 Å². The lowest BCUT2D eigenvalue weighted by atomic mass is 10.2. The molecule has 0 aromatic heterocycles. The van der Waals surface area contributed by atoms with Crippen molar-refractivity contribution >= 4 is 33.5 Å². The number of sulfonamides is 1. The van der Waals surface area contributed by atoms with Crippen LogP contribution in [-0.2, 0) is 24.4 Å². The maximum absolute atomic E-state index is 11.7. The highest BCUT2D eigenvalue weighted by molar-refractivity contribution is 7.90. The first-order chi connectivity index (χ1) is 9.70. The molecule has 9 heteroatoms. The lowest BCUT2D eigenvalue weighted by Crippen LogP contribution is -2.28. The van der Waals surface area contributed by atoms with Gasteiger partial charge < -0.3 is 10.4 Å². The van der Waals surface area contributed by atoms with Crippen molar-refractivity contribution in [3.63, 3.8) is 0 Å². The van der Waals surface area contributed by atoms with Crippen molar-refractivity contribution < 1.29 is 27.9 Å². The molecule has 0 atom stereocenters. The Kier molecular flexibility index (Phi) is 5.42. The van der Waals surface area contributed by atoms with Crippen LogP contribution >= 0.6 is 0 Å². The molecule has 8 nitrogen and oxygen atoms in total. The summed E-state index contributed by atoms with van der Waals surface area (Å²) in [5, 5.41) is 10.9. The van der Waals surface area contributed by atoms with E-state index in [1.165, 1.54) is 24.3 Å². The van der Waals surface area contributed by atoms with Crippen molar-refractivity contribution in [2.24, 2.45) is 0 Å². The van der Waals surface area contributed by atoms with Crippen LogP contribution < -0.4 is 10.0 Å². The second-order valence-corrected chi connectivity index (χ2v) is 5.81. The number of hydrogen-bond acceptors (Lipinski definition) is 5. The first-order valence-electron chi connectivity index (χ1n) is 5.86. The molecule has 0 bridgehead atoms. The molecule has 2 amide bonds. The zero-order valence-electron chi connectivity index (χ0n) is 11.1. The Balaban J connectivity index is 2.72. The number of anilines is 1. The fraction of sp³-hybridized carbons (Fsp3) is 0.250. The first kappa shape index (κ1) is 16.6. The number of carboxylic acid groups (broad SMARTS) is 1. The summed E-state index contributed by atoms with van der Waals surface area (Å²) in [5.41, 5.74) is 0.326. The number of carbonyl (C=O) groups is 3. The van der Waals surface area contributed by atoms with E-state index in [9.17, 15) is 22.8 Å². The molecule has 0 aliphatic heterocycles. The number of carboxylic acids is 1. The number of hydrogen-bond donors (Lipinski definition) is 3. The maximum Gasteiger partial charge on any atom is 0.303 e. The summed E-state index contributed by atoms with van der Waals surface area (Å²) in [4.78, 5) is 32.4. The van der Waals surface area contributed by atoms with Gasteiger partial charge in [-0.3, -0.25) is 14.4 Å². The molecule has 1 rings (SSSR count). The van der Waals surface area contributed by atoms with Crippen molar-refractivity contribution in [1.29, 1.82) is 0 Å². The molecule has 3 N–H and O–H groups in total. The Hall–Kier alpha value is -2.42. The lowest BCUT2D eigenvalue weighted by molar-refractivity contribution is -0.138. The van der Waals surface area contributed by atoms with Gasteiger partial charge in [0.1, 0.15) is 0 Å². The quantitative estimate of drug-likeness (QED) is 0.693. The van der Waals surface area contributed by atoms with Crippen LogP contribution in [0.3, 0.4) is 0 Å². The summed E-state index contributed by atoms with van der Waals surface area (Å²) in [6.45, 7) is 1.08. The highest BCUT2D eigenvalue weighted by atomic mass is 32.2. The summed E-state index contributed by atoms with van der Waals surface area (Å²) in [6.07, 6.45) is -0.470. The third-order valence-corrected chi connectivity index (χ3v) is 3.74. The van der Waals surface area contributed by atoms with Crippen LogP contribution in [0, 0.1) is 0 Å². The molecule has 1 aromatic rings. The smallest absolute Gasteiger partial charge is 0.303 e. The molecule has 0 spiro atoms. The molecule has 21 heavy (non-hydrogen) atoms. The van der Waals surface area contributed by atoms with Gasteiger partial charge in [0.2, 0.25) is 11.8 Å². The van der Waals surface area contributed by atoms with Gasteiger partial charge in [-0.2, -0.15) is 0 Å². The topological polar surface area (TPSA) is 130 Å². The molecule has 0 radical (unpaired) electrons. The summed E-state index contributed by atoms with van der Waals surface area (Å²) in [7, 11) is -3.92. The van der Waals surface area contributed by atoms with E-state index < -0.39 is 27.8 Å². The summed E-state index contributed by atoms with van der Waals surface area (Å²) < 4.78 is 25.1. The standard InChI is InChI=1S/C12H14N2O6S/c1-8(15)14-21(19,20)10-4-2-9(3-5-10)13-11(16)6-7-12(17)18/h2-5H,6-7H2,1H3,(H,13,16)(H,14,15)(H,17,18). The van der Waals surface area contributed by atoms with Crippen LogP contribution in [0.4, 0.5) is 5.69 Å². The minimum absolute atomic E-state index is 0.124. The van der Waals surface area contributed by atoms with E-state index in [1.54, 1.807) is 0 Å². The third kappa shape index (κ3) is 5.61. The van der Waals surface area contributed by atoms with Gasteiger partial charge in [0.15, 0.2) is 0 Å². The van der Waals surface area contributed by atoms with E-state index in [2.05, 4.69) is 5.32 Å². The van der Waals surface area contributed by atoms with Crippen LogP contribution in [0.25, 0.3) is 0 Å². The van der Waals surface area contributed by atoms with Gasteiger partial charge in [-0.05, 0) is 24.3 Å². The number of aliphatic carboxylic acids is 1. The zero-order valence-corrected chi connectivity index (χ0v) is 11.9. The zero-order chi connectivity index (χ0) is 16.0. The molecular formula is C12H14N2O6S. The van der Waals surface area contributed by atoms with Crippen LogP contribution in [0.1, 0.15) is 19.8 Å². The predicted octanol–water partition coefficient (Wildman–Crippen LogP) is 0.315. The molecule has 0 heterocycles. The number of rotatable bonds is 6. The van der Waals surface area contributed by atoms with Gasteiger partial charge in [-0.15, -0.1) is 0 Å². The molecule has 0 unspecified atom stereocenters. The maximum atomic E-state index is 11.7. The van der Waals surface area contributed by atoms with Crippen molar-refractivity contribution in [3.8, 4) is 0 Å². The van der Waals surface area contributed by atoms with E-state index in [1.807, 2.05) is 4.72 Å². The SMILES string of the molecule is CC(=O)NS(=O)(=O)c1ccc(NC(=O)CCC(=O)O)cc1. The molecule has 0 aliphatic carbocycles. The van der Waals surface area contributed by atoms with E-state index in [-0.39, 0.29) is 17.7 Å². The van der Waals surface area contributed by atoms with Crippen molar-refractivity contribution in [2.45, 2.75) is 24.7 Å². The normalized spacial score (nSPS) is 10.7. The van der Waals surface area contributed by atoms with E-state index in [4.69, 9.17) is 5.11 Å².